The maximum atomic E-state index is 9.29. The number of rotatable bonds is 4. The third-order valence-electron chi connectivity index (χ3n) is 2.75. The van der Waals surface area contributed by atoms with Crippen LogP contribution in [-0.4, -0.2) is 21.9 Å². The Balaban J connectivity index is 2.16. The van der Waals surface area contributed by atoms with Crippen molar-refractivity contribution in [3.8, 4) is 0 Å². The highest BCUT2D eigenvalue weighted by Gasteiger charge is 2.07. The molecule has 0 amide bonds. The number of aromatic nitrogens is 2. The first-order chi connectivity index (χ1) is 8.20. The van der Waals surface area contributed by atoms with Crippen molar-refractivity contribution in [2.45, 2.75) is 13.2 Å². The lowest BCUT2D eigenvalue weighted by Gasteiger charge is -2.21. The summed E-state index contributed by atoms with van der Waals surface area (Å²) in [5.41, 5.74) is 3.15. The fraction of sp³-hybridized carbons (Fsp3) is 0.308. The summed E-state index contributed by atoms with van der Waals surface area (Å²) in [5.74, 6) is 0. The molecule has 1 heterocycles. The molecule has 0 bridgehead atoms. The molecule has 0 saturated heterocycles. The summed E-state index contributed by atoms with van der Waals surface area (Å²) in [6.45, 7) is 0.846. The Kier molecular flexibility index (Phi) is 3.44. The molecule has 0 atom stereocenters. The minimum Gasteiger partial charge on any atom is -0.392 e. The molecule has 0 aliphatic heterocycles. The molecule has 1 N–H and O–H groups in total. The van der Waals surface area contributed by atoms with Crippen LogP contribution < -0.4 is 4.90 Å². The van der Waals surface area contributed by atoms with Crippen molar-refractivity contribution in [2.24, 2.45) is 7.05 Å². The summed E-state index contributed by atoms with van der Waals surface area (Å²) in [4.78, 5) is 2.11. The maximum absolute atomic E-state index is 9.29. The molecule has 2 rings (SSSR count). The van der Waals surface area contributed by atoms with Gasteiger partial charge in [0.2, 0.25) is 0 Å². The van der Waals surface area contributed by atoms with Gasteiger partial charge in [-0.1, -0.05) is 18.2 Å². The summed E-state index contributed by atoms with van der Waals surface area (Å²) < 4.78 is 1.79. The van der Waals surface area contributed by atoms with Gasteiger partial charge in [0.15, 0.2) is 0 Å². The Morgan fingerprint density at radius 1 is 1.35 bits per heavy atom. The van der Waals surface area contributed by atoms with E-state index in [2.05, 4.69) is 10.00 Å². The number of hydrogen-bond acceptors (Lipinski definition) is 3. The van der Waals surface area contributed by atoms with Crippen LogP contribution in [0.4, 0.5) is 5.69 Å². The number of benzene rings is 1. The Bertz CT molecular complexity index is 493. The third kappa shape index (κ3) is 2.65. The Labute approximate surface area is 101 Å². The molecule has 4 heteroatoms. The fourth-order valence-electron chi connectivity index (χ4n) is 1.93. The number of aliphatic hydroxyl groups is 1. The van der Waals surface area contributed by atoms with Gasteiger partial charge in [0.05, 0.1) is 12.8 Å². The summed E-state index contributed by atoms with van der Waals surface area (Å²) in [7, 11) is 3.92. The molecule has 2 aromatic rings. The van der Waals surface area contributed by atoms with Crippen LogP contribution >= 0.6 is 0 Å². The van der Waals surface area contributed by atoms with E-state index in [1.807, 2.05) is 50.8 Å². The van der Waals surface area contributed by atoms with E-state index in [-0.39, 0.29) is 6.61 Å². The largest absolute Gasteiger partial charge is 0.392 e. The minimum atomic E-state index is 0.0630. The second kappa shape index (κ2) is 5.01. The third-order valence-corrected chi connectivity index (χ3v) is 2.75. The number of nitrogens with zero attached hydrogens (tertiary/aromatic N) is 3. The molecular weight excluding hydrogens is 214 g/mol. The summed E-state index contributed by atoms with van der Waals surface area (Å²) in [5, 5.41) is 13.4. The van der Waals surface area contributed by atoms with E-state index in [4.69, 9.17) is 0 Å². The molecule has 1 aromatic carbocycles. The van der Waals surface area contributed by atoms with Crippen molar-refractivity contribution >= 4 is 5.69 Å². The van der Waals surface area contributed by atoms with Gasteiger partial charge in [0.25, 0.3) is 0 Å². The van der Waals surface area contributed by atoms with E-state index in [0.717, 1.165) is 23.4 Å². The topological polar surface area (TPSA) is 41.3 Å². The van der Waals surface area contributed by atoms with E-state index < -0.39 is 0 Å². The van der Waals surface area contributed by atoms with E-state index in [1.165, 1.54) is 0 Å². The number of aryl methyl sites for hydroxylation is 1. The second-order valence-corrected chi connectivity index (χ2v) is 4.17. The predicted molar refractivity (Wildman–Crippen MR) is 67.7 cm³/mol. The van der Waals surface area contributed by atoms with E-state index in [1.54, 1.807) is 4.68 Å². The van der Waals surface area contributed by atoms with Crippen molar-refractivity contribution in [2.75, 3.05) is 11.9 Å². The summed E-state index contributed by atoms with van der Waals surface area (Å²) in [6, 6.07) is 7.87. The highest BCUT2D eigenvalue weighted by atomic mass is 16.3. The van der Waals surface area contributed by atoms with Gasteiger partial charge in [-0.2, -0.15) is 5.10 Å². The lowest BCUT2D eigenvalue weighted by atomic mass is 10.1. The lowest BCUT2D eigenvalue weighted by molar-refractivity contribution is 0.282. The molecule has 1 aromatic heterocycles. The van der Waals surface area contributed by atoms with E-state index >= 15 is 0 Å². The number of hydrogen-bond donors (Lipinski definition) is 1. The number of aliphatic hydroxyl groups excluding tert-OH is 1. The zero-order chi connectivity index (χ0) is 12.3. The first-order valence-electron chi connectivity index (χ1n) is 5.58. The SMILES string of the molecule is CN(Cc1cnn(C)c1)c1ccccc1CO. The van der Waals surface area contributed by atoms with Crippen molar-refractivity contribution in [1.29, 1.82) is 0 Å². The Hall–Kier alpha value is -1.81. The minimum absolute atomic E-state index is 0.0630. The average molecular weight is 231 g/mol. The molecule has 90 valence electrons. The van der Waals surface area contributed by atoms with Gasteiger partial charge in [-0.3, -0.25) is 4.68 Å². The zero-order valence-corrected chi connectivity index (χ0v) is 10.2. The lowest BCUT2D eigenvalue weighted by Crippen LogP contribution is -2.17. The van der Waals surface area contributed by atoms with Crippen molar-refractivity contribution in [1.82, 2.24) is 9.78 Å². The van der Waals surface area contributed by atoms with E-state index in [0.29, 0.717) is 0 Å². The van der Waals surface area contributed by atoms with Gasteiger partial charge in [-0.15, -0.1) is 0 Å². The molecule has 0 aliphatic carbocycles. The smallest absolute Gasteiger partial charge is 0.0702 e. The van der Waals surface area contributed by atoms with Crippen LogP contribution in [0.1, 0.15) is 11.1 Å². The Morgan fingerprint density at radius 3 is 2.76 bits per heavy atom. The molecular formula is C13H17N3O. The molecule has 4 nitrogen and oxygen atoms in total. The van der Waals surface area contributed by atoms with Crippen LogP contribution in [0.2, 0.25) is 0 Å². The molecule has 0 aliphatic rings. The first kappa shape index (κ1) is 11.7. The molecule has 0 spiro atoms. The maximum Gasteiger partial charge on any atom is 0.0702 e. The highest BCUT2D eigenvalue weighted by Crippen LogP contribution is 2.20. The molecule has 17 heavy (non-hydrogen) atoms. The van der Waals surface area contributed by atoms with Crippen LogP contribution in [0, 0.1) is 0 Å². The van der Waals surface area contributed by atoms with Crippen LogP contribution in [0.15, 0.2) is 36.7 Å². The van der Waals surface area contributed by atoms with Crippen molar-refractivity contribution in [3.63, 3.8) is 0 Å². The van der Waals surface area contributed by atoms with Gasteiger partial charge in [-0.05, 0) is 6.07 Å². The van der Waals surface area contributed by atoms with Crippen LogP contribution in [0.3, 0.4) is 0 Å². The van der Waals surface area contributed by atoms with Gasteiger partial charge in [0.1, 0.15) is 0 Å². The highest BCUT2D eigenvalue weighted by molar-refractivity contribution is 5.52. The second-order valence-electron chi connectivity index (χ2n) is 4.17. The van der Waals surface area contributed by atoms with Gasteiger partial charge >= 0.3 is 0 Å². The number of anilines is 1. The first-order valence-corrected chi connectivity index (χ1v) is 5.58. The van der Waals surface area contributed by atoms with Gasteiger partial charge in [0, 0.05) is 43.7 Å². The van der Waals surface area contributed by atoms with Crippen LogP contribution in [0.5, 0.6) is 0 Å². The average Bonchev–Trinajstić information content (AvgIpc) is 2.74. The van der Waals surface area contributed by atoms with Crippen molar-refractivity contribution < 1.29 is 5.11 Å². The van der Waals surface area contributed by atoms with Crippen LogP contribution in [-0.2, 0) is 20.2 Å². The molecule has 0 radical (unpaired) electrons. The zero-order valence-electron chi connectivity index (χ0n) is 10.2. The number of para-hydroxylation sites is 1. The molecule has 0 fully saturated rings. The monoisotopic (exact) mass is 231 g/mol. The quantitative estimate of drug-likeness (QED) is 0.868. The predicted octanol–water partition coefficient (Wildman–Crippen LogP) is 1.55. The standard InChI is InChI=1S/C13H17N3O/c1-15(8-11-7-14-16(2)9-11)13-6-4-3-5-12(13)10-17/h3-7,9,17H,8,10H2,1-2H3. The fourth-order valence-corrected chi connectivity index (χ4v) is 1.93. The summed E-state index contributed by atoms with van der Waals surface area (Å²) >= 11 is 0. The molecule has 0 saturated carbocycles. The van der Waals surface area contributed by atoms with Crippen molar-refractivity contribution in [3.05, 3.63) is 47.8 Å². The normalized spacial score (nSPS) is 10.5. The van der Waals surface area contributed by atoms with Gasteiger partial charge in [-0.25, -0.2) is 0 Å². The molecule has 0 unspecified atom stereocenters. The van der Waals surface area contributed by atoms with Crippen LogP contribution in [0.25, 0.3) is 0 Å². The summed E-state index contributed by atoms with van der Waals surface area (Å²) in [6.07, 6.45) is 3.86. The van der Waals surface area contributed by atoms with Gasteiger partial charge < -0.3 is 10.0 Å². The van der Waals surface area contributed by atoms with E-state index in [9.17, 15) is 5.11 Å². The Morgan fingerprint density at radius 2 is 2.12 bits per heavy atom.